The number of amides is 2. The summed E-state index contributed by atoms with van der Waals surface area (Å²) in [6.07, 6.45) is 3.69. The first-order valence-electron chi connectivity index (χ1n) is 6.77. The zero-order valence-corrected chi connectivity index (χ0v) is 11.1. The Hall–Kier alpha value is -1.26. The topological polar surface area (TPSA) is 69.6 Å². The molecular weight excluding hydrogens is 232 g/mol. The van der Waals surface area contributed by atoms with E-state index in [-0.39, 0.29) is 11.9 Å². The lowest BCUT2D eigenvalue weighted by Crippen LogP contribution is -2.49. The van der Waals surface area contributed by atoms with E-state index in [1.165, 1.54) is 19.3 Å². The van der Waals surface area contributed by atoms with E-state index in [4.69, 9.17) is 5.11 Å². The van der Waals surface area contributed by atoms with Crippen molar-refractivity contribution in [2.45, 2.75) is 39.2 Å². The van der Waals surface area contributed by atoms with Crippen molar-refractivity contribution in [3.63, 3.8) is 0 Å². The molecule has 5 nitrogen and oxygen atoms in total. The molecule has 1 aliphatic carbocycles. The van der Waals surface area contributed by atoms with Gasteiger partial charge in [0.05, 0.1) is 0 Å². The van der Waals surface area contributed by atoms with Crippen molar-refractivity contribution in [1.82, 2.24) is 10.2 Å². The Balaban J connectivity index is 1.90. The van der Waals surface area contributed by atoms with E-state index >= 15 is 0 Å². The molecular formula is C13H22N2O3. The number of hydrogen-bond acceptors (Lipinski definition) is 2. The second-order valence-corrected chi connectivity index (χ2v) is 5.87. The summed E-state index contributed by atoms with van der Waals surface area (Å²) in [4.78, 5) is 24.9. The Morgan fingerprint density at radius 3 is 2.22 bits per heavy atom. The van der Waals surface area contributed by atoms with Gasteiger partial charge in [-0.3, -0.25) is 0 Å². The summed E-state index contributed by atoms with van der Waals surface area (Å²) >= 11 is 0. The number of hydrogen-bond donors (Lipinski definition) is 2. The number of carboxylic acids is 1. The van der Waals surface area contributed by atoms with Crippen LogP contribution in [0.5, 0.6) is 0 Å². The largest absolute Gasteiger partial charge is 0.480 e. The Morgan fingerprint density at radius 2 is 1.78 bits per heavy atom. The highest BCUT2D eigenvalue weighted by Gasteiger charge is 2.38. The molecule has 1 aliphatic heterocycles. The smallest absolute Gasteiger partial charge is 0.326 e. The summed E-state index contributed by atoms with van der Waals surface area (Å²) in [5, 5.41) is 11.7. The molecule has 0 radical (unpaired) electrons. The average molecular weight is 254 g/mol. The first-order chi connectivity index (χ1) is 8.49. The lowest BCUT2D eigenvalue weighted by Gasteiger charge is -2.23. The third kappa shape index (κ3) is 2.60. The third-order valence-corrected chi connectivity index (χ3v) is 4.23. The maximum Gasteiger partial charge on any atom is 0.326 e. The molecule has 0 aromatic rings. The van der Waals surface area contributed by atoms with E-state index in [1.807, 2.05) is 0 Å². The number of nitrogens with one attached hydrogen (secondary N) is 1. The number of carbonyl (C=O) groups is 2. The van der Waals surface area contributed by atoms with Crippen LogP contribution in [0.1, 0.15) is 33.1 Å². The zero-order valence-electron chi connectivity index (χ0n) is 11.1. The van der Waals surface area contributed by atoms with E-state index in [0.29, 0.717) is 11.8 Å². The number of aliphatic carboxylic acids is 1. The minimum absolute atomic E-state index is 0.103. The molecule has 3 unspecified atom stereocenters. The maximum atomic E-state index is 12.0. The molecule has 2 rings (SSSR count). The highest BCUT2D eigenvalue weighted by Crippen LogP contribution is 2.37. The minimum Gasteiger partial charge on any atom is -0.480 e. The molecule has 102 valence electrons. The quantitative estimate of drug-likeness (QED) is 0.802. The van der Waals surface area contributed by atoms with Crippen LogP contribution in [0.25, 0.3) is 0 Å². The van der Waals surface area contributed by atoms with Crippen molar-refractivity contribution in [3.05, 3.63) is 0 Å². The second-order valence-electron chi connectivity index (χ2n) is 5.87. The number of urea groups is 1. The fourth-order valence-corrected chi connectivity index (χ4v) is 3.14. The predicted octanol–water partition coefficient (Wildman–Crippen LogP) is 1.54. The van der Waals surface area contributed by atoms with Crippen molar-refractivity contribution in [2.75, 3.05) is 13.1 Å². The molecule has 0 aromatic carbocycles. The van der Waals surface area contributed by atoms with Crippen LogP contribution in [0.3, 0.4) is 0 Å². The Bertz CT molecular complexity index is 331. The standard InChI is InChI=1S/C13H22N2O3/c1-8(2)11(12(16)17)14-13(18)15-6-9-4-3-5-10(9)7-15/h8-11H,3-7H2,1-2H3,(H,14,18)(H,16,17). The molecule has 18 heavy (non-hydrogen) atoms. The highest BCUT2D eigenvalue weighted by atomic mass is 16.4. The van der Waals surface area contributed by atoms with Crippen LogP contribution < -0.4 is 5.32 Å². The first kappa shape index (κ1) is 13.2. The lowest BCUT2D eigenvalue weighted by atomic mass is 10.0. The van der Waals surface area contributed by atoms with Crippen LogP contribution in [0.4, 0.5) is 4.79 Å². The van der Waals surface area contributed by atoms with E-state index in [9.17, 15) is 9.59 Å². The highest BCUT2D eigenvalue weighted by molar-refractivity contribution is 5.82. The van der Waals surface area contributed by atoms with Gasteiger partial charge in [-0.1, -0.05) is 20.3 Å². The van der Waals surface area contributed by atoms with Gasteiger partial charge in [-0.25, -0.2) is 9.59 Å². The van der Waals surface area contributed by atoms with Gasteiger partial charge in [0.15, 0.2) is 0 Å². The summed E-state index contributed by atoms with van der Waals surface area (Å²) in [7, 11) is 0. The molecule has 2 aliphatic rings. The number of nitrogens with zero attached hydrogens (tertiary/aromatic N) is 1. The van der Waals surface area contributed by atoms with Crippen molar-refractivity contribution in [2.24, 2.45) is 17.8 Å². The van der Waals surface area contributed by atoms with Crippen LogP contribution in [-0.4, -0.2) is 41.1 Å². The summed E-state index contributed by atoms with van der Waals surface area (Å²) in [5.74, 6) is 0.211. The number of rotatable bonds is 3. The van der Waals surface area contributed by atoms with Gasteiger partial charge in [0, 0.05) is 13.1 Å². The Kier molecular flexibility index (Phi) is 3.78. The molecule has 3 atom stereocenters. The van der Waals surface area contributed by atoms with Gasteiger partial charge < -0.3 is 15.3 Å². The number of carbonyl (C=O) groups excluding carboxylic acids is 1. The third-order valence-electron chi connectivity index (χ3n) is 4.23. The van der Waals surface area contributed by atoms with Crippen LogP contribution in [0.2, 0.25) is 0 Å². The van der Waals surface area contributed by atoms with Gasteiger partial charge in [0.2, 0.25) is 0 Å². The van der Waals surface area contributed by atoms with Crippen LogP contribution in [0.15, 0.2) is 0 Å². The molecule has 2 fully saturated rings. The van der Waals surface area contributed by atoms with Gasteiger partial charge >= 0.3 is 12.0 Å². The number of fused-ring (bicyclic) bond motifs is 1. The molecule has 0 spiro atoms. The molecule has 1 heterocycles. The Morgan fingerprint density at radius 1 is 1.22 bits per heavy atom. The SMILES string of the molecule is CC(C)C(NC(=O)N1CC2CCCC2C1)C(=O)O. The number of likely N-dealkylation sites (tertiary alicyclic amines) is 1. The van der Waals surface area contributed by atoms with Crippen LogP contribution >= 0.6 is 0 Å². The van der Waals surface area contributed by atoms with Crippen molar-refractivity contribution >= 4 is 12.0 Å². The minimum atomic E-state index is -0.960. The number of carboxylic acid groups (broad SMARTS) is 1. The van der Waals surface area contributed by atoms with Gasteiger partial charge in [0.1, 0.15) is 6.04 Å². The van der Waals surface area contributed by atoms with Gasteiger partial charge in [-0.15, -0.1) is 0 Å². The Labute approximate surface area is 108 Å². The molecule has 2 amide bonds. The molecule has 2 N–H and O–H groups in total. The lowest BCUT2D eigenvalue weighted by molar-refractivity contribution is -0.140. The maximum absolute atomic E-state index is 12.0. The summed E-state index contributed by atoms with van der Waals surface area (Å²) in [6.45, 7) is 5.19. The summed E-state index contributed by atoms with van der Waals surface area (Å²) < 4.78 is 0. The van der Waals surface area contributed by atoms with Gasteiger partial charge in [-0.05, 0) is 30.6 Å². The van der Waals surface area contributed by atoms with E-state index < -0.39 is 12.0 Å². The molecule has 1 saturated carbocycles. The monoisotopic (exact) mass is 254 g/mol. The normalized spacial score (nSPS) is 28.3. The van der Waals surface area contributed by atoms with Crippen molar-refractivity contribution < 1.29 is 14.7 Å². The van der Waals surface area contributed by atoms with Crippen molar-refractivity contribution in [1.29, 1.82) is 0 Å². The molecule has 0 aromatic heterocycles. The molecule has 0 bridgehead atoms. The fraction of sp³-hybridized carbons (Fsp3) is 0.846. The van der Waals surface area contributed by atoms with E-state index in [2.05, 4.69) is 5.32 Å². The van der Waals surface area contributed by atoms with Crippen molar-refractivity contribution in [3.8, 4) is 0 Å². The first-order valence-corrected chi connectivity index (χ1v) is 6.77. The van der Waals surface area contributed by atoms with Crippen LogP contribution in [-0.2, 0) is 4.79 Å². The average Bonchev–Trinajstić information content (AvgIpc) is 2.84. The summed E-state index contributed by atoms with van der Waals surface area (Å²) in [6, 6.07) is -1.01. The van der Waals surface area contributed by atoms with E-state index in [0.717, 1.165) is 13.1 Å². The van der Waals surface area contributed by atoms with E-state index in [1.54, 1.807) is 18.7 Å². The zero-order chi connectivity index (χ0) is 13.3. The molecule has 1 saturated heterocycles. The second kappa shape index (κ2) is 5.16. The van der Waals surface area contributed by atoms with Crippen LogP contribution in [0, 0.1) is 17.8 Å². The fourth-order valence-electron chi connectivity index (χ4n) is 3.14. The predicted molar refractivity (Wildman–Crippen MR) is 67.2 cm³/mol. The van der Waals surface area contributed by atoms with Gasteiger partial charge in [-0.2, -0.15) is 0 Å². The van der Waals surface area contributed by atoms with Gasteiger partial charge in [0.25, 0.3) is 0 Å². The summed E-state index contributed by atoms with van der Waals surface area (Å²) in [5.41, 5.74) is 0. The molecule has 5 heteroatoms.